The summed E-state index contributed by atoms with van der Waals surface area (Å²) < 4.78 is 0. The molecule has 0 aliphatic rings. The van der Waals surface area contributed by atoms with Crippen LogP contribution in [0.1, 0.15) is 12.8 Å². The minimum atomic E-state index is -0.424. The van der Waals surface area contributed by atoms with E-state index in [0.717, 1.165) is 32.5 Å². The molecule has 0 aromatic carbocycles. The Morgan fingerprint density at radius 2 is 1.88 bits per heavy atom. The topological polar surface area (TPSA) is 132 Å². The zero-order chi connectivity index (χ0) is 12.4. The third kappa shape index (κ3) is 11.2. The van der Waals surface area contributed by atoms with Gasteiger partial charge in [-0.05, 0) is 39.5 Å². The fourth-order valence-corrected chi connectivity index (χ4v) is 1.28. The van der Waals surface area contributed by atoms with Gasteiger partial charge in [-0.2, -0.15) is 0 Å². The number of nitrogens with zero attached hydrogens (tertiary/aromatic N) is 2. The van der Waals surface area contributed by atoms with Crippen molar-refractivity contribution in [2.75, 3.05) is 33.2 Å². The summed E-state index contributed by atoms with van der Waals surface area (Å²) in [5, 5.41) is 2.96. The van der Waals surface area contributed by atoms with E-state index in [1.165, 1.54) is 0 Å². The summed E-state index contributed by atoms with van der Waals surface area (Å²) in [7, 11) is 2.07. The number of rotatable bonds is 9. The Labute approximate surface area is 97.2 Å². The van der Waals surface area contributed by atoms with Gasteiger partial charge >= 0.3 is 0 Å². The number of aliphatic imine (C=N–C) groups is 1. The summed E-state index contributed by atoms with van der Waals surface area (Å²) in [6.45, 7) is 3.49. The molecule has 0 heterocycles. The van der Waals surface area contributed by atoms with Gasteiger partial charge in [-0.15, -0.1) is 0 Å². The summed E-state index contributed by atoms with van der Waals surface area (Å²) in [6, 6.07) is 0. The number of hydrogen-bond acceptors (Lipinski definition) is 5. The normalized spacial score (nSPS) is 11.1. The van der Waals surface area contributed by atoms with Gasteiger partial charge in [-0.1, -0.05) is 0 Å². The predicted octanol–water partition coefficient (Wildman–Crippen LogP) is -2.24. The molecule has 0 aromatic heterocycles. The second kappa shape index (κ2) is 9.34. The monoisotopic (exact) mass is 231 g/mol. The minimum Gasteiger partial charge on any atom is -0.370 e. The van der Waals surface area contributed by atoms with Gasteiger partial charge in [-0.25, -0.2) is 0 Å². The molecule has 96 valence electrons. The lowest BCUT2D eigenvalue weighted by molar-refractivity contribution is 0.321. The maximum atomic E-state index is 5.35. The van der Waals surface area contributed by atoms with Gasteiger partial charge in [0, 0.05) is 6.54 Å². The van der Waals surface area contributed by atoms with Gasteiger partial charge in [-0.3, -0.25) is 10.3 Å². The molecule has 0 atom stereocenters. The van der Waals surface area contributed by atoms with Crippen LogP contribution in [0, 0.1) is 0 Å². The highest BCUT2D eigenvalue weighted by Crippen LogP contribution is 1.90. The van der Waals surface area contributed by atoms with Crippen LogP contribution in [-0.4, -0.2) is 50.4 Å². The molecule has 0 amide bonds. The van der Waals surface area contributed by atoms with Crippen molar-refractivity contribution in [2.24, 2.45) is 27.9 Å². The molecule has 0 rings (SSSR count). The first-order chi connectivity index (χ1) is 7.52. The highest BCUT2D eigenvalue weighted by molar-refractivity contribution is 5.75. The molecular weight excluding hydrogens is 206 g/mol. The smallest absolute Gasteiger partial charge is 0.185 e. The highest BCUT2D eigenvalue weighted by atomic mass is 15.1. The van der Waals surface area contributed by atoms with E-state index in [1.807, 2.05) is 0 Å². The molecule has 0 saturated carbocycles. The molecule has 0 radical (unpaired) electrons. The summed E-state index contributed by atoms with van der Waals surface area (Å²) >= 11 is 0. The number of nitrogens with two attached hydrogens (primary N) is 4. The number of hydrogen-bond donors (Lipinski definition) is 5. The second-order valence-electron chi connectivity index (χ2n) is 3.80. The van der Waals surface area contributed by atoms with Crippen molar-refractivity contribution in [2.45, 2.75) is 19.1 Å². The molecule has 0 fully saturated rings. The predicted molar refractivity (Wildman–Crippen MR) is 67.6 cm³/mol. The lowest BCUT2D eigenvalue weighted by Gasteiger charge is -2.16. The van der Waals surface area contributed by atoms with Crippen molar-refractivity contribution in [3.8, 4) is 0 Å². The van der Waals surface area contributed by atoms with E-state index < -0.39 is 6.29 Å². The molecule has 0 saturated heterocycles. The molecule has 0 spiro atoms. The highest BCUT2D eigenvalue weighted by Gasteiger charge is 1.98. The number of nitrogens with one attached hydrogen (secondary N) is 1. The van der Waals surface area contributed by atoms with Gasteiger partial charge < -0.3 is 27.8 Å². The van der Waals surface area contributed by atoms with Gasteiger partial charge in [0.2, 0.25) is 0 Å². The maximum absolute atomic E-state index is 5.35. The Hall–Kier alpha value is -0.890. The van der Waals surface area contributed by atoms with E-state index >= 15 is 0 Å². The van der Waals surface area contributed by atoms with Crippen molar-refractivity contribution in [3.05, 3.63) is 0 Å². The van der Waals surface area contributed by atoms with Crippen LogP contribution >= 0.6 is 0 Å². The van der Waals surface area contributed by atoms with Crippen LogP contribution in [0.3, 0.4) is 0 Å². The van der Waals surface area contributed by atoms with Crippen molar-refractivity contribution < 1.29 is 0 Å². The second-order valence-corrected chi connectivity index (χ2v) is 3.80. The summed E-state index contributed by atoms with van der Waals surface area (Å²) in [4.78, 5) is 6.14. The molecule has 0 aliphatic carbocycles. The van der Waals surface area contributed by atoms with E-state index in [0.29, 0.717) is 6.54 Å². The van der Waals surface area contributed by atoms with Crippen molar-refractivity contribution in [1.29, 1.82) is 0 Å². The maximum Gasteiger partial charge on any atom is 0.185 e. The Balaban J connectivity index is 3.31. The Morgan fingerprint density at radius 1 is 1.25 bits per heavy atom. The van der Waals surface area contributed by atoms with Crippen LogP contribution in [0.15, 0.2) is 4.99 Å². The quantitative estimate of drug-likeness (QED) is 0.132. The molecule has 7 nitrogen and oxygen atoms in total. The van der Waals surface area contributed by atoms with E-state index in [9.17, 15) is 0 Å². The Morgan fingerprint density at radius 3 is 2.44 bits per heavy atom. The van der Waals surface area contributed by atoms with E-state index in [1.54, 1.807) is 0 Å². The number of guanidine groups is 1. The average Bonchev–Trinajstić information content (AvgIpc) is 2.19. The third-order valence-electron chi connectivity index (χ3n) is 2.09. The molecule has 7 heteroatoms. The first-order valence-corrected chi connectivity index (χ1v) is 5.51. The molecular formula is C9H25N7. The van der Waals surface area contributed by atoms with E-state index in [-0.39, 0.29) is 5.96 Å². The standard InChI is InChI=1S/C9H25N7/c1-16(6-2-4-14-8(10)11)7-3-5-15-9(12)13/h8,14H,2-7,10-11H2,1H3,(H4,12,13,15). The SMILES string of the molecule is CN(CCCN=C(N)N)CCCNC(N)N. The largest absolute Gasteiger partial charge is 0.370 e. The average molecular weight is 231 g/mol. The lowest BCUT2D eigenvalue weighted by atomic mass is 10.3. The van der Waals surface area contributed by atoms with Crippen molar-refractivity contribution in [3.63, 3.8) is 0 Å². The molecule has 0 bridgehead atoms. The lowest BCUT2D eigenvalue weighted by Crippen LogP contribution is -2.45. The van der Waals surface area contributed by atoms with Crippen LogP contribution in [0.2, 0.25) is 0 Å². The molecule has 0 unspecified atom stereocenters. The molecule has 0 aromatic rings. The van der Waals surface area contributed by atoms with Crippen molar-refractivity contribution in [1.82, 2.24) is 10.2 Å². The Kier molecular flexibility index (Phi) is 8.82. The zero-order valence-electron chi connectivity index (χ0n) is 10.0. The fraction of sp³-hybridized carbons (Fsp3) is 0.889. The molecule has 0 aliphatic heterocycles. The van der Waals surface area contributed by atoms with Crippen molar-refractivity contribution >= 4 is 5.96 Å². The third-order valence-corrected chi connectivity index (χ3v) is 2.09. The molecule has 9 N–H and O–H groups in total. The first kappa shape index (κ1) is 15.1. The van der Waals surface area contributed by atoms with E-state index in [2.05, 4.69) is 22.3 Å². The van der Waals surface area contributed by atoms with Crippen LogP contribution in [0.25, 0.3) is 0 Å². The zero-order valence-corrected chi connectivity index (χ0v) is 10.0. The summed E-state index contributed by atoms with van der Waals surface area (Å²) in [6.07, 6.45) is 1.55. The Bertz CT molecular complexity index is 188. The van der Waals surface area contributed by atoms with E-state index in [4.69, 9.17) is 22.9 Å². The van der Waals surface area contributed by atoms with Gasteiger partial charge in [0.1, 0.15) is 6.29 Å². The summed E-state index contributed by atoms with van der Waals surface area (Å²) in [5.74, 6) is 0.156. The fourth-order valence-electron chi connectivity index (χ4n) is 1.28. The van der Waals surface area contributed by atoms with Gasteiger partial charge in [0.05, 0.1) is 0 Å². The molecule has 16 heavy (non-hydrogen) atoms. The van der Waals surface area contributed by atoms with Crippen LogP contribution in [-0.2, 0) is 0 Å². The van der Waals surface area contributed by atoms with Gasteiger partial charge in [0.15, 0.2) is 5.96 Å². The van der Waals surface area contributed by atoms with Crippen LogP contribution < -0.4 is 28.3 Å². The summed E-state index contributed by atoms with van der Waals surface area (Å²) in [5.41, 5.74) is 21.1. The van der Waals surface area contributed by atoms with Gasteiger partial charge in [0.25, 0.3) is 0 Å². The van der Waals surface area contributed by atoms with Crippen LogP contribution in [0.5, 0.6) is 0 Å². The minimum absolute atomic E-state index is 0.156. The first-order valence-electron chi connectivity index (χ1n) is 5.51. The van der Waals surface area contributed by atoms with Crippen LogP contribution in [0.4, 0.5) is 0 Å².